The molecule has 0 amide bonds. The fraction of sp³-hybridized carbons (Fsp3) is 0.480. The van der Waals surface area contributed by atoms with Crippen LogP contribution < -0.4 is 5.32 Å². The summed E-state index contributed by atoms with van der Waals surface area (Å²) in [6.45, 7) is 3.93. The Morgan fingerprint density at radius 2 is 1.69 bits per heavy atom. The van der Waals surface area contributed by atoms with Crippen molar-refractivity contribution in [3.63, 3.8) is 0 Å². The minimum Gasteiger partial charge on any atom is -0.308 e. The lowest BCUT2D eigenvalue weighted by atomic mass is 10.0. The fourth-order valence-electron chi connectivity index (χ4n) is 4.07. The number of carbonyl (C=O) groups excluding carboxylic acids is 1. The van der Waals surface area contributed by atoms with Crippen LogP contribution in [0.2, 0.25) is 0 Å². The number of likely N-dealkylation sites (N-methyl/N-ethyl adjacent to an activating group) is 1. The maximum Gasteiger partial charge on any atom is 0.243 e. The van der Waals surface area contributed by atoms with Gasteiger partial charge < -0.3 is 10.2 Å². The van der Waals surface area contributed by atoms with Crippen LogP contribution in [0, 0.1) is 6.92 Å². The van der Waals surface area contributed by atoms with Gasteiger partial charge in [0.05, 0.1) is 11.4 Å². The molecule has 6 nitrogen and oxygen atoms in total. The number of nitrogens with one attached hydrogen (secondary N) is 1. The quantitative estimate of drug-likeness (QED) is 0.582. The van der Waals surface area contributed by atoms with E-state index in [-0.39, 0.29) is 23.3 Å². The molecule has 0 radical (unpaired) electrons. The van der Waals surface area contributed by atoms with Crippen LogP contribution in [0.4, 0.5) is 0 Å². The predicted octanol–water partition coefficient (Wildman–Crippen LogP) is 3.63. The van der Waals surface area contributed by atoms with Crippen molar-refractivity contribution in [3.8, 4) is 0 Å². The third-order valence-corrected chi connectivity index (χ3v) is 7.96. The second-order valence-electron chi connectivity index (χ2n) is 8.79. The molecule has 1 aliphatic heterocycles. The van der Waals surface area contributed by atoms with Crippen molar-refractivity contribution >= 4 is 15.8 Å². The molecule has 3 rings (SSSR count). The highest BCUT2D eigenvalue weighted by Gasteiger charge is 2.25. The van der Waals surface area contributed by atoms with Gasteiger partial charge in [0.15, 0.2) is 5.78 Å². The maximum atomic E-state index is 13.1. The van der Waals surface area contributed by atoms with Crippen molar-refractivity contribution in [2.45, 2.75) is 43.5 Å². The number of rotatable bonds is 9. The molecule has 1 unspecified atom stereocenters. The summed E-state index contributed by atoms with van der Waals surface area (Å²) >= 11 is 0. The molecule has 32 heavy (non-hydrogen) atoms. The third-order valence-electron chi connectivity index (χ3n) is 6.07. The Hall–Kier alpha value is -2.06. The molecule has 1 heterocycles. The van der Waals surface area contributed by atoms with E-state index in [9.17, 15) is 13.2 Å². The van der Waals surface area contributed by atoms with Crippen molar-refractivity contribution in [3.05, 3.63) is 65.2 Å². The van der Waals surface area contributed by atoms with Gasteiger partial charge in [-0.2, -0.15) is 4.31 Å². The zero-order valence-electron chi connectivity index (χ0n) is 19.4. The molecule has 174 valence electrons. The summed E-state index contributed by atoms with van der Waals surface area (Å²) in [5.74, 6) is -0.112. The number of ketones is 1. The van der Waals surface area contributed by atoms with Gasteiger partial charge in [0.1, 0.15) is 0 Å². The van der Waals surface area contributed by atoms with E-state index in [0.29, 0.717) is 25.2 Å². The van der Waals surface area contributed by atoms with Crippen LogP contribution in [0.3, 0.4) is 0 Å². The highest BCUT2D eigenvalue weighted by Crippen LogP contribution is 2.22. The van der Waals surface area contributed by atoms with Gasteiger partial charge in [-0.05, 0) is 51.6 Å². The number of sulfonamides is 1. The van der Waals surface area contributed by atoms with Gasteiger partial charge in [-0.15, -0.1) is 0 Å². The van der Waals surface area contributed by atoms with E-state index in [1.54, 1.807) is 22.5 Å². The Morgan fingerprint density at radius 3 is 2.31 bits per heavy atom. The van der Waals surface area contributed by atoms with Gasteiger partial charge in [0.2, 0.25) is 10.0 Å². The van der Waals surface area contributed by atoms with E-state index < -0.39 is 10.0 Å². The first-order chi connectivity index (χ1) is 15.3. The van der Waals surface area contributed by atoms with E-state index in [4.69, 9.17) is 0 Å². The average molecular weight is 458 g/mol. The average Bonchev–Trinajstić information content (AvgIpc) is 3.07. The molecule has 2 aromatic rings. The Bertz CT molecular complexity index is 995. The molecular formula is C25H35N3O3S. The highest BCUT2D eigenvalue weighted by molar-refractivity contribution is 7.89. The smallest absolute Gasteiger partial charge is 0.243 e. The normalized spacial score (nSPS) is 16.6. The van der Waals surface area contributed by atoms with Crippen LogP contribution in [0.5, 0.6) is 0 Å². The highest BCUT2D eigenvalue weighted by atomic mass is 32.2. The third kappa shape index (κ3) is 6.25. The van der Waals surface area contributed by atoms with Crippen LogP contribution in [0.1, 0.15) is 53.2 Å². The summed E-state index contributed by atoms with van der Waals surface area (Å²) in [6, 6.07) is 15.0. The van der Waals surface area contributed by atoms with E-state index >= 15 is 0 Å². The molecule has 1 atom stereocenters. The minimum atomic E-state index is -3.57. The summed E-state index contributed by atoms with van der Waals surface area (Å²) in [6.07, 6.45) is 3.89. The molecule has 1 fully saturated rings. The second-order valence-corrected chi connectivity index (χ2v) is 10.7. The molecule has 0 aromatic heterocycles. The van der Waals surface area contributed by atoms with Crippen molar-refractivity contribution in [2.75, 3.05) is 40.3 Å². The van der Waals surface area contributed by atoms with Crippen LogP contribution in [-0.4, -0.2) is 63.7 Å². The predicted molar refractivity (Wildman–Crippen MR) is 128 cm³/mol. The number of carbonyl (C=O) groups is 1. The van der Waals surface area contributed by atoms with Crippen molar-refractivity contribution in [1.29, 1.82) is 0 Å². The Morgan fingerprint density at radius 1 is 1.03 bits per heavy atom. The molecule has 7 heteroatoms. The number of benzene rings is 2. The monoisotopic (exact) mass is 457 g/mol. The molecule has 0 saturated carbocycles. The zero-order chi connectivity index (χ0) is 23.1. The molecular weight excluding hydrogens is 422 g/mol. The van der Waals surface area contributed by atoms with Crippen LogP contribution >= 0.6 is 0 Å². The Labute approximate surface area is 192 Å². The summed E-state index contributed by atoms with van der Waals surface area (Å²) < 4.78 is 27.7. The minimum absolute atomic E-state index is 0.112. The van der Waals surface area contributed by atoms with E-state index in [0.717, 1.165) is 25.7 Å². The number of hydrogen-bond acceptors (Lipinski definition) is 5. The maximum absolute atomic E-state index is 13.1. The molecule has 1 aliphatic rings. The Kier molecular flexibility index (Phi) is 8.59. The van der Waals surface area contributed by atoms with Crippen LogP contribution in [-0.2, 0) is 10.0 Å². The molecule has 0 spiro atoms. The molecule has 0 bridgehead atoms. The first-order valence-electron chi connectivity index (χ1n) is 11.4. The largest absolute Gasteiger partial charge is 0.308 e. The van der Waals surface area contributed by atoms with Crippen molar-refractivity contribution in [2.24, 2.45) is 0 Å². The lowest BCUT2D eigenvalue weighted by Gasteiger charge is -2.25. The second kappa shape index (κ2) is 11.2. The fourth-order valence-corrected chi connectivity index (χ4v) is 5.64. The van der Waals surface area contributed by atoms with Gasteiger partial charge in [0, 0.05) is 31.2 Å². The van der Waals surface area contributed by atoms with Gasteiger partial charge in [-0.3, -0.25) is 4.79 Å². The number of aryl methyl sites for hydroxylation is 1. The zero-order valence-corrected chi connectivity index (χ0v) is 20.2. The van der Waals surface area contributed by atoms with Crippen molar-refractivity contribution < 1.29 is 13.2 Å². The summed E-state index contributed by atoms with van der Waals surface area (Å²) in [5, 5.41) is 3.26. The van der Waals surface area contributed by atoms with Gasteiger partial charge in [0.25, 0.3) is 0 Å². The molecule has 2 aromatic carbocycles. The van der Waals surface area contributed by atoms with E-state index in [2.05, 4.69) is 41.4 Å². The standard InChI is InChI=1S/C25H35N3O3S/c1-20-11-13-21(14-12-20)24(27(2)3)18-26-19-25(29)22-9-8-10-23(17-22)32(30,31)28-15-6-4-5-7-16-28/h8-14,17,24,26H,4-7,15-16,18-19H2,1-3H3. The number of nitrogens with zero attached hydrogens (tertiary/aromatic N) is 2. The lowest BCUT2D eigenvalue weighted by molar-refractivity contribution is 0.0988. The van der Waals surface area contributed by atoms with Crippen LogP contribution in [0.25, 0.3) is 0 Å². The molecule has 1 N–H and O–H groups in total. The molecule has 1 saturated heterocycles. The van der Waals surface area contributed by atoms with E-state index in [1.807, 2.05) is 14.1 Å². The van der Waals surface area contributed by atoms with Gasteiger partial charge in [-0.1, -0.05) is 54.8 Å². The topological polar surface area (TPSA) is 69.7 Å². The number of hydrogen-bond donors (Lipinski definition) is 1. The molecule has 0 aliphatic carbocycles. The number of Topliss-reactive ketones (excluding diaryl/α,β-unsaturated/α-hetero) is 1. The summed E-state index contributed by atoms with van der Waals surface area (Å²) in [5.41, 5.74) is 2.82. The first kappa shape index (κ1) is 24.6. The van der Waals surface area contributed by atoms with Crippen molar-refractivity contribution in [1.82, 2.24) is 14.5 Å². The summed E-state index contributed by atoms with van der Waals surface area (Å²) in [4.78, 5) is 15.1. The van der Waals surface area contributed by atoms with E-state index in [1.165, 1.54) is 17.2 Å². The van der Waals surface area contributed by atoms with Gasteiger partial charge in [-0.25, -0.2) is 8.42 Å². The first-order valence-corrected chi connectivity index (χ1v) is 12.8. The SMILES string of the molecule is Cc1ccc(C(CNCC(=O)c2cccc(S(=O)(=O)N3CCCCCC3)c2)N(C)C)cc1. The Balaban J connectivity index is 1.64. The summed E-state index contributed by atoms with van der Waals surface area (Å²) in [7, 11) is 0.466. The lowest BCUT2D eigenvalue weighted by Crippen LogP contribution is -2.34. The van der Waals surface area contributed by atoms with Crippen LogP contribution in [0.15, 0.2) is 53.4 Å². The van der Waals surface area contributed by atoms with Gasteiger partial charge >= 0.3 is 0 Å².